The fourth-order valence-corrected chi connectivity index (χ4v) is 2.49. The lowest BCUT2D eigenvalue weighted by molar-refractivity contribution is 0.194. The van der Waals surface area contributed by atoms with Gasteiger partial charge in [-0.05, 0) is 50.7 Å². The first-order valence-electron chi connectivity index (χ1n) is 7.56. The van der Waals surface area contributed by atoms with Gasteiger partial charge in [0.05, 0.1) is 11.6 Å². The summed E-state index contributed by atoms with van der Waals surface area (Å²) in [6.45, 7) is 9.51. The molecule has 0 aliphatic carbocycles. The first-order chi connectivity index (χ1) is 11.1. The largest absolute Gasteiger partial charge is 0.473 e. The van der Waals surface area contributed by atoms with Gasteiger partial charge in [-0.25, -0.2) is 9.38 Å². The number of hydrogen-bond donors (Lipinski definition) is 1. The Bertz CT molecular complexity index is 655. The lowest BCUT2D eigenvalue weighted by Crippen LogP contribution is -2.31. The molecule has 2 rings (SSSR count). The second kappa shape index (κ2) is 8.25. The van der Waals surface area contributed by atoms with Gasteiger partial charge in [-0.15, -0.1) is 0 Å². The number of piperidine rings is 1. The molecule has 0 amide bonds. The molecule has 1 aromatic rings. The van der Waals surface area contributed by atoms with Gasteiger partial charge in [-0.2, -0.15) is 5.26 Å². The van der Waals surface area contributed by atoms with Crippen LogP contribution in [0, 0.1) is 23.1 Å². The van der Waals surface area contributed by atoms with Gasteiger partial charge in [0.1, 0.15) is 12.4 Å². The number of halogens is 1. The van der Waals surface area contributed by atoms with Crippen LogP contribution in [0.5, 0.6) is 0 Å². The Morgan fingerprint density at radius 2 is 2.22 bits per heavy atom. The summed E-state index contributed by atoms with van der Waals surface area (Å²) in [6, 6.07) is 6.17. The molecule has 0 bridgehead atoms. The van der Waals surface area contributed by atoms with Crippen molar-refractivity contribution in [2.24, 2.45) is 10.9 Å². The number of benzene rings is 1. The topological polar surface area (TPSA) is 57.4 Å². The highest BCUT2D eigenvalue weighted by molar-refractivity contribution is 5.97. The van der Waals surface area contributed by atoms with Crippen molar-refractivity contribution in [2.45, 2.75) is 19.4 Å². The Hall–Kier alpha value is -2.45. The van der Waals surface area contributed by atoms with Crippen LogP contribution in [0.25, 0.3) is 0 Å². The van der Waals surface area contributed by atoms with E-state index < -0.39 is 5.82 Å². The molecule has 0 saturated carbocycles. The number of nitriles is 1. The molecule has 23 heavy (non-hydrogen) atoms. The Kier molecular flexibility index (Phi) is 6.07. The van der Waals surface area contributed by atoms with E-state index in [4.69, 9.17) is 10.00 Å². The first kappa shape index (κ1) is 16.9. The number of allylic oxidation sites excluding steroid dienone is 1. The van der Waals surface area contributed by atoms with Gasteiger partial charge in [-0.3, -0.25) is 0 Å². The monoisotopic (exact) mass is 313 g/mol. The number of aliphatic imine (C=N–C) groups is 1. The van der Waals surface area contributed by atoms with Crippen molar-refractivity contribution in [3.8, 4) is 6.07 Å². The summed E-state index contributed by atoms with van der Waals surface area (Å²) in [5.74, 6) is 0.117. The molecular formula is C18H20FN3O. The Balaban J connectivity index is 1.97. The predicted molar refractivity (Wildman–Crippen MR) is 88.3 cm³/mol. The van der Waals surface area contributed by atoms with Gasteiger partial charge in [-0.1, -0.05) is 12.6 Å². The highest BCUT2D eigenvalue weighted by Crippen LogP contribution is 2.17. The summed E-state index contributed by atoms with van der Waals surface area (Å²) in [7, 11) is 0. The van der Waals surface area contributed by atoms with Crippen molar-refractivity contribution >= 4 is 5.71 Å². The molecule has 1 fully saturated rings. The van der Waals surface area contributed by atoms with Crippen LogP contribution >= 0.6 is 0 Å². The standard InChI is InChI=1S/C18H20FN3O/c1-3-18(15-6-8-21-9-7-15)22-13(2)23-12-16-5-4-14(11-20)10-17(16)19/h3-5,10,15,21H,1-2,6-9,12H2/b22-18+. The van der Waals surface area contributed by atoms with Crippen molar-refractivity contribution < 1.29 is 9.13 Å². The quantitative estimate of drug-likeness (QED) is 0.647. The third-order valence-electron chi connectivity index (χ3n) is 3.80. The molecule has 1 aromatic carbocycles. The summed E-state index contributed by atoms with van der Waals surface area (Å²) in [5, 5.41) is 12.0. The highest BCUT2D eigenvalue weighted by Gasteiger charge is 2.17. The number of nitrogens with one attached hydrogen (secondary N) is 1. The summed E-state index contributed by atoms with van der Waals surface area (Å²) in [5.41, 5.74) is 1.50. The molecule has 1 N–H and O–H groups in total. The molecule has 0 aromatic heterocycles. The number of rotatable bonds is 6. The predicted octanol–water partition coefficient (Wildman–Crippen LogP) is 3.31. The molecule has 1 aliphatic rings. The molecule has 5 heteroatoms. The van der Waals surface area contributed by atoms with Crippen LogP contribution in [-0.4, -0.2) is 18.8 Å². The fraction of sp³-hybridized carbons (Fsp3) is 0.333. The van der Waals surface area contributed by atoms with Crippen LogP contribution in [0.15, 0.2) is 48.3 Å². The van der Waals surface area contributed by atoms with Gasteiger partial charge in [0.25, 0.3) is 0 Å². The van der Waals surface area contributed by atoms with Crippen molar-refractivity contribution in [2.75, 3.05) is 13.1 Å². The van der Waals surface area contributed by atoms with Crippen molar-refractivity contribution in [3.05, 3.63) is 60.3 Å². The van der Waals surface area contributed by atoms with Crippen LogP contribution < -0.4 is 5.32 Å². The minimum absolute atomic E-state index is 0.0243. The molecule has 0 spiro atoms. The average molecular weight is 313 g/mol. The molecular weight excluding hydrogens is 293 g/mol. The summed E-state index contributed by atoms with van der Waals surface area (Å²) in [4.78, 5) is 4.38. The zero-order valence-electron chi connectivity index (χ0n) is 13.0. The smallest absolute Gasteiger partial charge is 0.206 e. The summed E-state index contributed by atoms with van der Waals surface area (Å²) < 4.78 is 19.2. The van der Waals surface area contributed by atoms with Crippen LogP contribution in [0.1, 0.15) is 24.0 Å². The second-order valence-corrected chi connectivity index (χ2v) is 5.37. The lowest BCUT2D eigenvalue weighted by atomic mass is 9.93. The van der Waals surface area contributed by atoms with Gasteiger partial charge in [0.2, 0.25) is 5.88 Å². The molecule has 0 unspecified atom stereocenters. The van der Waals surface area contributed by atoms with E-state index in [2.05, 4.69) is 23.5 Å². The summed E-state index contributed by atoms with van der Waals surface area (Å²) in [6.07, 6.45) is 3.73. The van der Waals surface area contributed by atoms with Crippen molar-refractivity contribution in [1.29, 1.82) is 5.26 Å². The third-order valence-corrected chi connectivity index (χ3v) is 3.80. The zero-order chi connectivity index (χ0) is 16.7. The molecule has 1 saturated heterocycles. The second-order valence-electron chi connectivity index (χ2n) is 5.37. The van der Waals surface area contributed by atoms with Crippen LogP contribution in [0.4, 0.5) is 4.39 Å². The maximum Gasteiger partial charge on any atom is 0.206 e. The van der Waals surface area contributed by atoms with Crippen molar-refractivity contribution in [3.63, 3.8) is 0 Å². The first-order valence-corrected chi connectivity index (χ1v) is 7.56. The van der Waals surface area contributed by atoms with Gasteiger partial charge < -0.3 is 10.1 Å². The van der Waals surface area contributed by atoms with E-state index in [1.54, 1.807) is 12.1 Å². The minimum Gasteiger partial charge on any atom is -0.473 e. The van der Waals surface area contributed by atoms with E-state index in [1.807, 2.05) is 6.07 Å². The number of hydrogen-bond acceptors (Lipinski definition) is 4. The van der Waals surface area contributed by atoms with Crippen LogP contribution in [-0.2, 0) is 11.3 Å². The zero-order valence-corrected chi connectivity index (χ0v) is 13.0. The maximum absolute atomic E-state index is 13.8. The summed E-state index contributed by atoms with van der Waals surface area (Å²) >= 11 is 0. The molecule has 120 valence electrons. The third kappa shape index (κ3) is 4.76. The highest BCUT2D eigenvalue weighted by atomic mass is 19.1. The normalized spacial score (nSPS) is 15.7. The SMILES string of the molecule is C=C/C(=N\C(=C)OCc1ccc(C#N)cc1F)C1CCNCC1. The fourth-order valence-electron chi connectivity index (χ4n) is 2.49. The lowest BCUT2D eigenvalue weighted by Gasteiger charge is -2.22. The van der Waals surface area contributed by atoms with E-state index >= 15 is 0 Å². The van der Waals surface area contributed by atoms with E-state index in [9.17, 15) is 4.39 Å². The van der Waals surface area contributed by atoms with E-state index in [-0.39, 0.29) is 18.1 Å². The average Bonchev–Trinajstić information content (AvgIpc) is 2.59. The molecule has 0 atom stereocenters. The van der Waals surface area contributed by atoms with E-state index in [1.165, 1.54) is 12.1 Å². The molecule has 0 radical (unpaired) electrons. The van der Waals surface area contributed by atoms with Gasteiger partial charge >= 0.3 is 0 Å². The Morgan fingerprint density at radius 3 is 2.83 bits per heavy atom. The maximum atomic E-state index is 13.8. The number of ether oxygens (including phenoxy) is 1. The van der Waals surface area contributed by atoms with E-state index in [0.717, 1.165) is 31.6 Å². The molecule has 1 heterocycles. The van der Waals surface area contributed by atoms with Crippen LogP contribution in [0.2, 0.25) is 0 Å². The molecule has 1 aliphatic heterocycles. The molecule has 4 nitrogen and oxygen atoms in total. The van der Waals surface area contributed by atoms with Gasteiger partial charge in [0.15, 0.2) is 0 Å². The van der Waals surface area contributed by atoms with Crippen LogP contribution in [0.3, 0.4) is 0 Å². The van der Waals surface area contributed by atoms with Crippen molar-refractivity contribution in [1.82, 2.24) is 5.32 Å². The Morgan fingerprint density at radius 1 is 1.48 bits per heavy atom. The van der Waals surface area contributed by atoms with Gasteiger partial charge in [0, 0.05) is 17.2 Å². The Labute approximate surface area is 136 Å². The minimum atomic E-state index is -0.469. The van der Waals surface area contributed by atoms with E-state index in [0.29, 0.717) is 11.5 Å². The number of nitrogens with zero attached hydrogens (tertiary/aromatic N) is 2.